The molecule has 6 heteroatoms. The van der Waals surface area contributed by atoms with Gasteiger partial charge in [-0.3, -0.25) is 4.79 Å². The molecule has 0 saturated carbocycles. The number of halogens is 2. The quantitative estimate of drug-likeness (QED) is 0.771. The first-order valence-electron chi connectivity index (χ1n) is 7.52. The number of carbonyl (C=O) groups is 1. The molecule has 0 bridgehead atoms. The zero-order valence-corrected chi connectivity index (χ0v) is 14.3. The van der Waals surface area contributed by atoms with Crippen molar-refractivity contribution in [2.24, 2.45) is 0 Å². The van der Waals surface area contributed by atoms with Crippen molar-refractivity contribution in [2.45, 2.75) is 23.5 Å². The van der Waals surface area contributed by atoms with Crippen LogP contribution in [0.2, 0.25) is 0 Å². The van der Waals surface area contributed by atoms with Crippen molar-refractivity contribution in [1.29, 1.82) is 0 Å². The van der Waals surface area contributed by atoms with Gasteiger partial charge in [-0.15, -0.1) is 11.8 Å². The molecule has 1 N–H and O–H groups in total. The number of hydrogen-bond donors (Lipinski definition) is 1. The lowest BCUT2D eigenvalue weighted by Crippen LogP contribution is -2.32. The zero-order chi connectivity index (χ0) is 17.5. The Kier molecular flexibility index (Phi) is 6.61. The largest absolute Gasteiger partial charge is 0.497 e. The molecule has 2 aromatic rings. The standard InChI is InChI=1S/C18H19F2NO2S/c1-12(24-15-7-8-16(19)17(20)11-15)18(22)21-10-9-13-3-5-14(23-2)6-4-13/h3-8,11-12H,9-10H2,1-2H3,(H,21,22)/t12-/m1/s1. The van der Waals surface area contributed by atoms with E-state index < -0.39 is 16.9 Å². The van der Waals surface area contributed by atoms with E-state index in [4.69, 9.17) is 4.74 Å². The van der Waals surface area contributed by atoms with E-state index in [9.17, 15) is 13.6 Å². The van der Waals surface area contributed by atoms with Gasteiger partial charge in [0.1, 0.15) is 5.75 Å². The van der Waals surface area contributed by atoms with Gasteiger partial charge in [0.05, 0.1) is 12.4 Å². The van der Waals surface area contributed by atoms with Crippen molar-refractivity contribution in [3.63, 3.8) is 0 Å². The molecule has 0 radical (unpaired) electrons. The summed E-state index contributed by atoms with van der Waals surface area (Å²) < 4.78 is 31.2. The molecular weight excluding hydrogens is 332 g/mol. The Morgan fingerprint density at radius 1 is 1.17 bits per heavy atom. The van der Waals surface area contributed by atoms with Crippen molar-refractivity contribution in [3.8, 4) is 5.75 Å². The molecule has 0 fully saturated rings. The van der Waals surface area contributed by atoms with E-state index in [-0.39, 0.29) is 5.91 Å². The summed E-state index contributed by atoms with van der Waals surface area (Å²) in [4.78, 5) is 12.6. The SMILES string of the molecule is COc1ccc(CCNC(=O)[C@@H](C)Sc2ccc(F)c(F)c2)cc1. The van der Waals surface area contributed by atoms with Crippen LogP contribution >= 0.6 is 11.8 Å². The molecule has 128 valence electrons. The summed E-state index contributed by atoms with van der Waals surface area (Å²) in [5.74, 6) is -1.15. The summed E-state index contributed by atoms with van der Waals surface area (Å²) >= 11 is 1.19. The fraction of sp³-hybridized carbons (Fsp3) is 0.278. The fourth-order valence-electron chi connectivity index (χ4n) is 2.07. The van der Waals surface area contributed by atoms with Gasteiger partial charge in [0, 0.05) is 11.4 Å². The van der Waals surface area contributed by atoms with E-state index in [0.29, 0.717) is 17.9 Å². The maximum absolute atomic E-state index is 13.2. The molecule has 0 heterocycles. The first-order valence-corrected chi connectivity index (χ1v) is 8.40. The van der Waals surface area contributed by atoms with E-state index >= 15 is 0 Å². The van der Waals surface area contributed by atoms with Gasteiger partial charge in [-0.1, -0.05) is 12.1 Å². The maximum Gasteiger partial charge on any atom is 0.233 e. The van der Waals surface area contributed by atoms with Gasteiger partial charge in [-0.25, -0.2) is 8.78 Å². The lowest BCUT2D eigenvalue weighted by atomic mass is 10.1. The Bertz CT molecular complexity index is 692. The third-order valence-electron chi connectivity index (χ3n) is 3.45. The Morgan fingerprint density at radius 3 is 2.50 bits per heavy atom. The maximum atomic E-state index is 13.2. The minimum Gasteiger partial charge on any atom is -0.497 e. The number of amides is 1. The molecule has 1 atom stereocenters. The van der Waals surface area contributed by atoms with Crippen molar-refractivity contribution >= 4 is 17.7 Å². The van der Waals surface area contributed by atoms with Crippen molar-refractivity contribution in [3.05, 3.63) is 59.7 Å². The lowest BCUT2D eigenvalue weighted by Gasteiger charge is -2.12. The van der Waals surface area contributed by atoms with Crippen LogP contribution in [0.25, 0.3) is 0 Å². The highest BCUT2D eigenvalue weighted by Crippen LogP contribution is 2.24. The van der Waals surface area contributed by atoms with Crippen LogP contribution in [0.5, 0.6) is 5.75 Å². The molecule has 3 nitrogen and oxygen atoms in total. The van der Waals surface area contributed by atoms with E-state index in [1.54, 1.807) is 14.0 Å². The monoisotopic (exact) mass is 351 g/mol. The smallest absolute Gasteiger partial charge is 0.233 e. The Balaban J connectivity index is 1.79. The molecule has 2 aromatic carbocycles. The third kappa shape index (κ3) is 5.23. The second kappa shape index (κ2) is 8.68. The van der Waals surface area contributed by atoms with Crippen LogP contribution < -0.4 is 10.1 Å². The first kappa shape index (κ1) is 18.3. The second-order valence-electron chi connectivity index (χ2n) is 5.23. The van der Waals surface area contributed by atoms with Crippen LogP contribution in [0.3, 0.4) is 0 Å². The van der Waals surface area contributed by atoms with Crippen LogP contribution in [-0.4, -0.2) is 24.8 Å². The molecule has 1 amide bonds. The number of benzene rings is 2. The summed E-state index contributed by atoms with van der Waals surface area (Å²) in [6.07, 6.45) is 0.707. The predicted octanol–water partition coefficient (Wildman–Crippen LogP) is 3.81. The minimum absolute atomic E-state index is 0.141. The van der Waals surface area contributed by atoms with Crippen molar-refractivity contribution in [1.82, 2.24) is 5.32 Å². The van der Waals surface area contributed by atoms with Crippen LogP contribution in [0.4, 0.5) is 8.78 Å². The number of rotatable bonds is 7. The number of ether oxygens (including phenoxy) is 1. The van der Waals surface area contributed by atoms with Gasteiger partial charge in [0.25, 0.3) is 0 Å². The minimum atomic E-state index is -0.910. The van der Waals surface area contributed by atoms with Crippen LogP contribution in [0, 0.1) is 11.6 Å². The fourth-order valence-corrected chi connectivity index (χ4v) is 2.99. The highest BCUT2D eigenvalue weighted by molar-refractivity contribution is 8.00. The van der Waals surface area contributed by atoms with Gasteiger partial charge >= 0.3 is 0 Å². The molecule has 24 heavy (non-hydrogen) atoms. The van der Waals surface area contributed by atoms with Crippen LogP contribution in [0.15, 0.2) is 47.4 Å². The predicted molar refractivity (Wildman–Crippen MR) is 91.4 cm³/mol. The molecule has 0 aliphatic heterocycles. The molecule has 0 unspecified atom stereocenters. The highest BCUT2D eigenvalue weighted by Gasteiger charge is 2.15. The van der Waals surface area contributed by atoms with Gasteiger partial charge < -0.3 is 10.1 Å². The summed E-state index contributed by atoms with van der Waals surface area (Å²) in [6.45, 7) is 2.24. The summed E-state index contributed by atoms with van der Waals surface area (Å²) in [5.41, 5.74) is 1.09. The normalized spacial score (nSPS) is 11.8. The summed E-state index contributed by atoms with van der Waals surface area (Å²) in [6, 6.07) is 11.3. The Hall–Kier alpha value is -2.08. The van der Waals surface area contributed by atoms with Gasteiger partial charge in [-0.05, 0) is 49.2 Å². The molecule has 0 spiro atoms. The Morgan fingerprint density at radius 2 is 1.88 bits per heavy atom. The summed E-state index contributed by atoms with van der Waals surface area (Å²) in [5, 5.41) is 2.45. The number of carbonyl (C=O) groups excluding carboxylic acids is 1. The van der Waals surface area contributed by atoms with E-state index in [0.717, 1.165) is 23.4 Å². The van der Waals surface area contributed by atoms with Crippen molar-refractivity contribution < 1.29 is 18.3 Å². The van der Waals surface area contributed by atoms with Gasteiger partial charge in [0.2, 0.25) is 5.91 Å². The number of hydrogen-bond acceptors (Lipinski definition) is 3. The zero-order valence-electron chi connectivity index (χ0n) is 13.5. The second-order valence-corrected chi connectivity index (χ2v) is 6.64. The topological polar surface area (TPSA) is 38.3 Å². The van der Waals surface area contributed by atoms with E-state index in [1.165, 1.54) is 17.8 Å². The molecule has 0 aliphatic carbocycles. The number of nitrogens with one attached hydrogen (secondary N) is 1. The molecule has 0 aliphatic rings. The van der Waals surface area contributed by atoms with Crippen molar-refractivity contribution in [2.75, 3.05) is 13.7 Å². The highest BCUT2D eigenvalue weighted by atomic mass is 32.2. The van der Waals surface area contributed by atoms with Crippen LogP contribution in [-0.2, 0) is 11.2 Å². The van der Waals surface area contributed by atoms with E-state index in [1.807, 2.05) is 24.3 Å². The average Bonchev–Trinajstić information content (AvgIpc) is 2.58. The lowest BCUT2D eigenvalue weighted by molar-refractivity contribution is -0.120. The summed E-state index contributed by atoms with van der Waals surface area (Å²) in [7, 11) is 1.61. The average molecular weight is 351 g/mol. The number of methoxy groups -OCH3 is 1. The molecule has 0 aromatic heterocycles. The first-order chi connectivity index (χ1) is 11.5. The van der Waals surface area contributed by atoms with Crippen LogP contribution in [0.1, 0.15) is 12.5 Å². The van der Waals surface area contributed by atoms with E-state index in [2.05, 4.69) is 5.32 Å². The van der Waals surface area contributed by atoms with Gasteiger partial charge in [-0.2, -0.15) is 0 Å². The molecule has 0 saturated heterocycles. The molecular formula is C18H19F2NO2S. The molecule has 2 rings (SSSR count). The van der Waals surface area contributed by atoms with Gasteiger partial charge in [0.15, 0.2) is 11.6 Å². The number of thioether (sulfide) groups is 1. The third-order valence-corrected chi connectivity index (χ3v) is 4.54. The Labute approximate surface area is 144 Å².